The van der Waals surface area contributed by atoms with Gasteiger partial charge in [0.25, 0.3) is 0 Å². The number of carbonyl (C=O) groups excluding carboxylic acids is 1. The molecule has 1 aromatic rings. The lowest BCUT2D eigenvalue weighted by Crippen LogP contribution is -2.35. The molecule has 1 rings (SSSR count). The first kappa shape index (κ1) is 17.1. The van der Waals surface area contributed by atoms with Crippen LogP contribution < -0.4 is 4.72 Å². The second kappa shape index (κ2) is 7.18. The molecule has 1 unspecified atom stereocenters. The third-order valence-electron chi connectivity index (χ3n) is 2.48. The molecule has 9 nitrogen and oxygen atoms in total. The molecule has 2 N–H and O–H groups in total. The molecular weight excluding hydrogens is 302 g/mol. The Balaban J connectivity index is 2.74. The molecule has 0 fully saturated rings. The number of rotatable bonds is 8. The second-order valence-corrected chi connectivity index (χ2v) is 6.08. The Morgan fingerprint density at radius 2 is 2.19 bits per heavy atom. The maximum Gasteiger partial charge on any atom is 0.326 e. The number of ether oxygens (including phenoxy) is 1. The molecule has 0 radical (unpaired) electrons. The first-order valence-electron chi connectivity index (χ1n) is 6.12. The van der Waals surface area contributed by atoms with Gasteiger partial charge in [0.2, 0.25) is 10.0 Å². The van der Waals surface area contributed by atoms with Gasteiger partial charge in [-0.15, -0.1) is 0 Å². The molecule has 0 saturated carbocycles. The minimum absolute atomic E-state index is 0.153. The van der Waals surface area contributed by atoms with Crippen molar-refractivity contribution in [3.63, 3.8) is 0 Å². The number of aromatic nitrogens is 2. The van der Waals surface area contributed by atoms with Crippen LogP contribution in [0.5, 0.6) is 0 Å². The lowest BCUT2D eigenvalue weighted by molar-refractivity contribution is -0.142. The first-order chi connectivity index (χ1) is 9.75. The van der Waals surface area contributed by atoms with E-state index in [0.717, 1.165) is 0 Å². The molecule has 0 aromatic carbocycles. The van der Waals surface area contributed by atoms with Gasteiger partial charge in [-0.1, -0.05) is 0 Å². The predicted octanol–water partition coefficient (Wildman–Crippen LogP) is -0.582. The summed E-state index contributed by atoms with van der Waals surface area (Å²) in [4.78, 5) is 22.3. The highest BCUT2D eigenvalue weighted by Crippen LogP contribution is 2.13. The molecule has 1 heterocycles. The molecular formula is C11H17N3O6S. The van der Waals surface area contributed by atoms with Crippen LogP contribution in [0, 0.1) is 0 Å². The number of carbonyl (C=O) groups is 2. The highest BCUT2D eigenvalue weighted by atomic mass is 32.2. The summed E-state index contributed by atoms with van der Waals surface area (Å²) in [5.74, 6) is -2.56. The zero-order chi connectivity index (χ0) is 16.0. The van der Waals surface area contributed by atoms with Crippen LogP contribution in [-0.2, 0) is 31.4 Å². The molecule has 0 saturated heterocycles. The Labute approximate surface area is 121 Å². The van der Waals surface area contributed by atoms with Crippen molar-refractivity contribution in [3.05, 3.63) is 18.0 Å². The monoisotopic (exact) mass is 319 g/mol. The van der Waals surface area contributed by atoms with E-state index in [2.05, 4.69) is 9.84 Å². The van der Waals surface area contributed by atoms with Gasteiger partial charge in [-0.25, -0.2) is 8.42 Å². The number of sulfonamides is 1. The van der Waals surface area contributed by atoms with E-state index in [9.17, 15) is 18.0 Å². The van der Waals surface area contributed by atoms with Crippen molar-refractivity contribution in [2.75, 3.05) is 12.4 Å². The van der Waals surface area contributed by atoms with E-state index in [4.69, 9.17) is 5.11 Å². The van der Waals surface area contributed by atoms with Crippen LogP contribution in [0.25, 0.3) is 0 Å². The number of aliphatic carboxylic acids is 1. The summed E-state index contributed by atoms with van der Waals surface area (Å²) in [6.07, 6.45) is 2.31. The molecule has 0 spiro atoms. The topological polar surface area (TPSA) is 128 Å². The van der Waals surface area contributed by atoms with Crippen molar-refractivity contribution in [2.24, 2.45) is 7.05 Å². The van der Waals surface area contributed by atoms with E-state index < -0.39 is 33.8 Å². The maximum atomic E-state index is 11.8. The molecule has 1 aromatic heterocycles. The summed E-state index contributed by atoms with van der Waals surface area (Å²) in [5.41, 5.74) is 0.199. The average molecular weight is 319 g/mol. The van der Waals surface area contributed by atoms with Gasteiger partial charge >= 0.3 is 11.9 Å². The highest BCUT2D eigenvalue weighted by molar-refractivity contribution is 7.89. The average Bonchev–Trinajstić information content (AvgIpc) is 2.80. The van der Waals surface area contributed by atoms with E-state index in [0.29, 0.717) is 0 Å². The molecule has 0 bridgehead atoms. The largest absolute Gasteiger partial charge is 0.480 e. The number of nitrogens with one attached hydrogen (secondary N) is 1. The number of aryl methyl sites for hydroxylation is 1. The zero-order valence-electron chi connectivity index (χ0n) is 11.6. The lowest BCUT2D eigenvalue weighted by Gasteiger charge is -2.13. The quantitative estimate of drug-likeness (QED) is 0.613. The van der Waals surface area contributed by atoms with Gasteiger partial charge in [0.15, 0.2) is 0 Å². The van der Waals surface area contributed by atoms with Crippen molar-refractivity contribution in [1.82, 2.24) is 14.5 Å². The maximum absolute atomic E-state index is 11.8. The van der Waals surface area contributed by atoms with E-state index in [1.807, 2.05) is 4.72 Å². The third-order valence-corrected chi connectivity index (χ3v) is 3.82. The Morgan fingerprint density at radius 3 is 2.67 bits per heavy atom. The van der Waals surface area contributed by atoms with Gasteiger partial charge < -0.3 is 9.84 Å². The van der Waals surface area contributed by atoms with Crippen molar-refractivity contribution >= 4 is 22.0 Å². The van der Waals surface area contributed by atoms with Gasteiger partial charge in [0.1, 0.15) is 6.04 Å². The molecule has 0 aliphatic heterocycles. The Morgan fingerprint density at radius 1 is 1.52 bits per heavy atom. The van der Waals surface area contributed by atoms with E-state index in [1.165, 1.54) is 17.1 Å². The minimum atomic E-state index is -3.95. The molecule has 0 aliphatic rings. The Kier molecular flexibility index (Phi) is 5.85. The normalized spacial score (nSPS) is 12.9. The van der Waals surface area contributed by atoms with Crippen molar-refractivity contribution < 1.29 is 27.9 Å². The van der Waals surface area contributed by atoms with Crippen LogP contribution in [0.1, 0.15) is 24.9 Å². The summed E-state index contributed by atoms with van der Waals surface area (Å²) in [5, 5.41) is 12.9. The van der Waals surface area contributed by atoms with Crippen LogP contribution in [0.15, 0.2) is 12.4 Å². The zero-order valence-corrected chi connectivity index (χ0v) is 12.5. The van der Waals surface area contributed by atoms with Gasteiger partial charge in [0, 0.05) is 18.8 Å². The highest BCUT2D eigenvalue weighted by Gasteiger charge is 2.27. The molecule has 1 atom stereocenters. The molecule has 0 aliphatic carbocycles. The number of hydrogen-bond donors (Lipinski definition) is 2. The Hall–Kier alpha value is -1.94. The summed E-state index contributed by atoms with van der Waals surface area (Å²) >= 11 is 0. The number of nitrogens with zero attached hydrogens (tertiary/aromatic N) is 2. The van der Waals surface area contributed by atoms with Crippen molar-refractivity contribution in [3.8, 4) is 0 Å². The number of carboxylic acids is 1. The lowest BCUT2D eigenvalue weighted by atomic mass is 10.2. The van der Waals surface area contributed by atoms with Crippen LogP contribution in [0.4, 0.5) is 0 Å². The Bertz CT molecular complexity index is 609. The van der Waals surface area contributed by atoms with Crippen molar-refractivity contribution in [1.29, 1.82) is 0 Å². The second-order valence-electron chi connectivity index (χ2n) is 4.21. The summed E-state index contributed by atoms with van der Waals surface area (Å²) in [6, 6.07) is -1.45. The number of esters is 1. The van der Waals surface area contributed by atoms with Gasteiger partial charge in [-0.2, -0.15) is 9.82 Å². The SMILES string of the molecule is CCOC(=O)CCS(=O)(=O)NC(C(=O)O)c1cnn(C)c1. The number of hydrogen-bond acceptors (Lipinski definition) is 6. The van der Waals surface area contributed by atoms with Crippen LogP contribution in [0.3, 0.4) is 0 Å². The van der Waals surface area contributed by atoms with Crippen LogP contribution in [-0.4, -0.2) is 47.6 Å². The van der Waals surface area contributed by atoms with Crippen LogP contribution in [0.2, 0.25) is 0 Å². The first-order valence-corrected chi connectivity index (χ1v) is 7.77. The summed E-state index contributed by atoms with van der Waals surface area (Å²) < 4.78 is 31.7. The van der Waals surface area contributed by atoms with E-state index >= 15 is 0 Å². The fourth-order valence-corrected chi connectivity index (χ4v) is 2.69. The molecule has 0 amide bonds. The standard InChI is InChI=1S/C11H17N3O6S/c1-3-20-9(15)4-5-21(18,19)13-10(11(16)17)8-6-12-14(2)7-8/h6-7,10,13H,3-5H2,1-2H3,(H,16,17). The van der Waals surface area contributed by atoms with Gasteiger partial charge in [-0.05, 0) is 6.92 Å². The summed E-state index contributed by atoms with van der Waals surface area (Å²) in [6.45, 7) is 1.76. The minimum Gasteiger partial charge on any atom is -0.480 e. The number of carboxylic acid groups (broad SMARTS) is 1. The summed E-state index contributed by atoms with van der Waals surface area (Å²) in [7, 11) is -2.37. The fourth-order valence-electron chi connectivity index (χ4n) is 1.54. The van der Waals surface area contributed by atoms with E-state index in [-0.39, 0.29) is 18.6 Å². The van der Waals surface area contributed by atoms with Gasteiger partial charge in [-0.3, -0.25) is 14.3 Å². The fraction of sp³-hybridized carbons (Fsp3) is 0.545. The van der Waals surface area contributed by atoms with Crippen LogP contribution >= 0.6 is 0 Å². The van der Waals surface area contributed by atoms with E-state index in [1.54, 1.807) is 14.0 Å². The molecule has 10 heteroatoms. The van der Waals surface area contributed by atoms with Crippen molar-refractivity contribution in [2.45, 2.75) is 19.4 Å². The third kappa shape index (κ3) is 5.52. The van der Waals surface area contributed by atoms with Gasteiger partial charge in [0.05, 0.1) is 25.0 Å². The predicted molar refractivity (Wildman–Crippen MR) is 71.8 cm³/mol. The molecule has 118 valence electrons. The smallest absolute Gasteiger partial charge is 0.326 e. The molecule has 21 heavy (non-hydrogen) atoms.